The Balaban J connectivity index is 2.05. The number of nitrogens with two attached hydrogens (primary N) is 1. The van der Waals surface area contributed by atoms with Gasteiger partial charge in [0.1, 0.15) is 4.90 Å². The third-order valence-electron chi connectivity index (χ3n) is 3.70. The summed E-state index contributed by atoms with van der Waals surface area (Å²) in [5.41, 5.74) is 7.48. The quantitative estimate of drug-likeness (QED) is 0.899. The van der Waals surface area contributed by atoms with Gasteiger partial charge in [0.25, 0.3) is 10.0 Å². The van der Waals surface area contributed by atoms with Gasteiger partial charge in [-0.05, 0) is 30.7 Å². The molecule has 2 heterocycles. The Morgan fingerprint density at radius 1 is 1.30 bits per heavy atom. The van der Waals surface area contributed by atoms with E-state index in [1.165, 1.54) is 10.5 Å². The van der Waals surface area contributed by atoms with Crippen LogP contribution in [0.15, 0.2) is 47.6 Å². The van der Waals surface area contributed by atoms with Crippen molar-refractivity contribution in [1.82, 2.24) is 4.98 Å². The zero-order chi connectivity index (χ0) is 14.2. The number of fused-ring (bicyclic) bond motifs is 1. The second-order valence-corrected chi connectivity index (χ2v) is 6.78. The molecule has 106 valence electrons. The van der Waals surface area contributed by atoms with Crippen molar-refractivity contribution in [3.8, 4) is 0 Å². The standard InChI is InChI=1S/C14H17N3O2S/c15-7-5-11-10-17(14-4-2-1-3-13(11)14)20(18,19)12-6-8-16-9-12/h1-4,6,8-9,11,16H,5,7,10,15H2. The lowest BCUT2D eigenvalue weighted by atomic mass is 9.98. The average Bonchev–Trinajstić information content (AvgIpc) is 3.08. The van der Waals surface area contributed by atoms with E-state index < -0.39 is 10.0 Å². The van der Waals surface area contributed by atoms with E-state index in [1.807, 2.05) is 24.3 Å². The Kier molecular flexibility index (Phi) is 3.27. The predicted octanol–water partition coefficient (Wildman–Crippen LogP) is 1.66. The molecule has 1 aromatic heterocycles. The van der Waals surface area contributed by atoms with Crippen LogP contribution in [-0.4, -0.2) is 26.5 Å². The van der Waals surface area contributed by atoms with Crippen LogP contribution < -0.4 is 10.0 Å². The number of anilines is 1. The van der Waals surface area contributed by atoms with Crippen molar-refractivity contribution in [2.45, 2.75) is 17.2 Å². The largest absolute Gasteiger partial charge is 0.366 e. The fraction of sp³-hybridized carbons (Fsp3) is 0.286. The van der Waals surface area contributed by atoms with Gasteiger partial charge < -0.3 is 10.7 Å². The van der Waals surface area contributed by atoms with Crippen LogP contribution in [0.1, 0.15) is 17.9 Å². The molecule has 0 radical (unpaired) electrons. The van der Waals surface area contributed by atoms with Gasteiger partial charge in [0, 0.05) is 24.9 Å². The molecule has 0 fully saturated rings. The Labute approximate surface area is 118 Å². The number of aromatic nitrogens is 1. The van der Waals surface area contributed by atoms with Gasteiger partial charge in [0.15, 0.2) is 0 Å². The molecule has 0 saturated carbocycles. The van der Waals surface area contributed by atoms with Crippen molar-refractivity contribution in [3.63, 3.8) is 0 Å². The van der Waals surface area contributed by atoms with Crippen molar-refractivity contribution >= 4 is 15.7 Å². The van der Waals surface area contributed by atoms with Crippen LogP contribution in [0.3, 0.4) is 0 Å². The number of H-pyrrole nitrogens is 1. The number of aromatic amines is 1. The molecule has 5 nitrogen and oxygen atoms in total. The number of hydrogen-bond donors (Lipinski definition) is 2. The van der Waals surface area contributed by atoms with Crippen LogP contribution in [0.2, 0.25) is 0 Å². The van der Waals surface area contributed by atoms with Crippen molar-refractivity contribution in [1.29, 1.82) is 0 Å². The highest BCUT2D eigenvalue weighted by atomic mass is 32.2. The number of benzene rings is 1. The lowest BCUT2D eigenvalue weighted by Crippen LogP contribution is -2.30. The van der Waals surface area contributed by atoms with E-state index in [0.29, 0.717) is 18.0 Å². The molecule has 1 aromatic carbocycles. The zero-order valence-corrected chi connectivity index (χ0v) is 11.8. The Hall–Kier alpha value is -1.79. The van der Waals surface area contributed by atoms with Crippen molar-refractivity contribution in [3.05, 3.63) is 48.3 Å². The van der Waals surface area contributed by atoms with Gasteiger partial charge >= 0.3 is 0 Å². The van der Waals surface area contributed by atoms with E-state index in [1.54, 1.807) is 12.3 Å². The summed E-state index contributed by atoms with van der Waals surface area (Å²) in [6.07, 6.45) is 3.91. The molecule has 1 aliphatic rings. The van der Waals surface area contributed by atoms with E-state index in [9.17, 15) is 8.42 Å². The summed E-state index contributed by atoms with van der Waals surface area (Å²) in [7, 11) is -3.50. The van der Waals surface area contributed by atoms with Crippen LogP contribution in [0.5, 0.6) is 0 Å². The molecule has 0 aliphatic carbocycles. The molecule has 1 atom stereocenters. The van der Waals surface area contributed by atoms with E-state index in [4.69, 9.17) is 5.73 Å². The molecule has 0 bridgehead atoms. The van der Waals surface area contributed by atoms with E-state index in [-0.39, 0.29) is 5.92 Å². The molecule has 0 amide bonds. The maximum atomic E-state index is 12.7. The first-order valence-corrected chi connectivity index (χ1v) is 8.03. The molecule has 1 aliphatic heterocycles. The summed E-state index contributed by atoms with van der Waals surface area (Å²) >= 11 is 0. The number of nitrogens with zero attached hydrogens (tertiary/aromatic N) is 1. The fourth-order valence-electron chi connectivity index (χ4n) is 2.73. The predicted molar refractivity (Wildman–Crippen MR) is 78.2 cm³/mol. The third-order valence-corrected chi connectivity index (χ3v) is 5.48. The summed E-state index contributed by atoms with van der Waals surface area (Å²) in [4.78, 5) is 3.09. The number of para-hydroxylation sites is 1. The molecule has 1 unspecified atom stereocenters. The first kappa shape index (κ1) is 13.2. The van der Waals surface area contributed by atoms with Crippen LogP contribution >= 0.6 is 0 Å². The Morgan fingerprint density at radius 2 is 2.10 bits per heavy atom. The molecular formula is C14H17N3O2S. The van der Waals surface area contributed by atoms with Gasteiger partial charge in [-0.1, -0.05) is 18.2 Å². The smallest absolute Gasteiger partial charge is 0.265 e. The summed E-state index contributed by atoms with van der Waals surface area (Å²) in [5.74, 6) is 0.171. The van der Waals surface area contributed by atoms with Crippen LogP contribution in [0.4, 0.5) is 5.69 Å². The number of rotatable bonds is 4. The Morgan fingerprint density at radius 3 is 2.80 bits per heavy atom. The first-order chi connectivity index (χ1) is 9.64. The first-order valence-electron chi connectivity index (χ1n) is 6.59. The molecular weight excluding hydrogens is 274 g/mol. The number of sulfonamides is 1. The van der Waals surface area contributed by atoms with Gasteiger partial charge in [-0.25, -0.2) is 8.42 Å². The summed E-state index contributed by atoms with van der Waals surface area (Å²) in [6.45, 7) is 1.01. The maximum Gasteiger partial charge on any atom is 0.265 e. The number of hydrogen-bond acceptors (Lipinski definition) is 3. The van der Waals surface area contributed by atoms with Crippen molar-refractivity contribution in [2.24, 2.45) is 5.73 Å². The molecule has 2 aromatic rings. The second-order valence-electron chi connectivity index (χ2n) is 4.92. The second kappa shape index (κ2) is 4.96. The maximum absolute atomic E-state index is 12.7. The topological polar surface area (TPSA) is 79.2 Å². The highest BCUT2D eigenvalue weighted by Gasteiger charge is 2.35. The van der Waals surface area contributed by atoms with Crippen molar-refractivity contribution in [2.75, 3.05) is 17.4 Å². The van der Waals surface area contributed by atoms with Crippen molar-refractivity contribution < 1.29 is 8.42 Å². The minimum absolute atomic E-state index is 0.171. The molecule has 20 heavy (non-hydrogen) atoms. The van der Waals surface area contributed by atoms with Gasteiger partial charge in [-0.3, -0.25) is 4.31 Å². The molecule has 3 N–H and O–H groups in total. The van der Waals surface area contributed by atoms with Gasteiger partial charge in [-0.15, -0.1) is 0 Å². The minimum Gasteiger partial charge on any atom is -0.366 e. The van der Waals surface area contributed by atoms with Gasteiger partial charge in [-0.2, -0.15) is 0 Å². The monoisotopic (exact) mass is 291 g/mol. The van der Waals surface area contributed by atoms with E-state index in [2.05, 4.69) is 4.98 Å². The molecule has 0 spiro atoms. The fourth-order valence-corrected chi connectivity index (χ4v) is 4.24. The SMILES string of the molecule is NCCC1CN(S(=O)(=O)c2cc[nH]c2)c2ccccc21. The lowest BCUT2D eigenvalue weighted by molar-refractivity contribution is 0.586. The normalized spacial score (nSPS) is 18.2. The highest BCUT2D eigenvalue weighted by molar-refractivity contribution is 7.92. The van der Waals surface area contributed by atoms with Crippen LogP contribution in [0.25, 0.3) is 0 Å². The lowest BCUT2D eigenvalue weighted by Gasteiger charge is -2.19. The molecule has 6 heteroatoms. The third kappa shape index (κ3) is 2.01. The average molecular weight is 291 g/mol. The zero-order valence-electron chi connectivity index (χ0n) is 11.0. The molecule has 0 saturated heterocycles. The van der Waals surface area contributed by atoms with Gasteiger partial charge in [0.2, 0.25) is 0 Å². The minimum atomic E-state index is -3.50. The summed E-state index contributed by atoms with van der Waals surface area (Å²) in [5, 5.41) is 0. The van der Waals surface area contributed by atoms with E-state index >= 15 is 0 Å². The highest BCUT2D eigenvalue weighted by Crippen LogP contribution is 2.40. The van der Waals surface area contributed by atoms with Crippen LogP contribution in [-0.2, 0) is 10.0 Å². The Bertz CT molecular complexity index is 695. The molecule has 3 rings (SSSR count). The van der Waals surface area contributed by atoms with Gasteiger partial charge in [0.05, 0.1) is 5.69 Å². The van der Waals surface area contributed by atoms with Crippen LogP contribution in [0, 0.1) is 0 Å². The van der Waals surface area contributed by atoms with E-state index in [0.717, 1.165) is 17.7 Å². The number of nitrogens with one attached hydrogen (secondary N) is 1. The summed E-state index contributed by atoms with van der Waals surface area (Å²) < 4.78 is 26.9. The summed E-state index contributed by atoms with van der Waals surface area (Å²) in [6, 6.07) is 9.23.